The Hall–Kier alpha value is -2.13. The van der Waals surface area contributed by atoms with Crippen LogP contribution in [0.4, 0.5) is 0 Å². The van der Waals surface area contributed by atoms with Crippen molar-refractivity contribution in [1.29, 1.82) is 0 Å². The molecule has 0 radical (unpaired) electrons. The minimum atomic E-state index is -0.0480. The summed E-state index contributed by atoms with van der Waals surface area (Å²) in [5, 5.41) is 0.781. The molecule has 2 aliphatic rings. The first-order valence-electron chi connectivity index (χ1n) is 9.79. The molecule has 1 saturated carbocycles. The van der Waals surface area contributed by atoms with Gasteiger partial charge in [-0.05, 0) is 80.3 Å². The Balaban J connectivity index is 1.76. The van der Waals surface area contributed by atoms with E-state index in [1.807, 2.05) is 25.3 Å². The average molecular weight is 382 g/mol. The number of hydrogen-bond acceptors (Lipinski definition) is 3. The Kier molecular flexibility index (Phi) is 5.31. The molecule has 1 aromatic carbocycles. The molecule has 0 amide bonds. The Labute approximate surface area is 165 Å². The fraction of sp³-hybridized carbons (Fsp3) is 0.391. The van der Waals surface area contributed by atoms with Crippen molar-refractivity contribution >= 4 is 23.1 Å². The molecule has 1 fully saturated rings. The van der Waals surface area contributed by atoms with Gasteiger partial charge in [-0.25, -0.2) is 0 Å². The predicted molar refractivity (Wildman–Crippen MR) is 108 cm³/mol. The molecule has 0 bridgehead atoms. The van der Waals surface area contributed by atoms with Crippen molar-refractivity contribution in [1.82, 2.24) is 4.98 Å². The number of allylic oxidation sites excluding steroid dienone is 1. The number of ether oxygens (including phenoxy) is 1. The summed E-state index contributed by atoms with van der Waals surface area (Å²) in [6.45, 7) is 2.32. The first-order valence-corrected chi connectivity index (χ1v) is 10.2. The second kappa shape index (κ2) is 7.85. The molecule has 1 aromatic heterocycles. The van der Waals surface area contributed by atoms with Gasteiger partial charge >= 0.3 is 5.97 Å². The highest BCUT2D eigenvalue weighted by molar-refractivity contribution is 6.30. The summed E-state index contributed by atoms with van der Waals surface area (Å²) in [6.07, 6.45) is 7.35. The molecule has 0 atom stereocenters. The van der Waals surface area contributed by atoms with Crippen molar-refractivity contribution in [3.05, 3.63) is 69.5 Å². The number of aromatic nitrogens is 1. The van der Waals surface area contributed by atoms with E-state index >= 15 is 0 Å². The van der Waals surface area contributed by atoms with Gasteiger partial charge in [-0.15, -0.1) is 0 Å². The van der Waals surface area contributed by atoms with Gasteiger partial charge in [-0.2, -0.15) is 0 Å². The molecule has 140 valence electrons. The topological polar surface area (TPSA) is 39.2 Å². The van der Waals surface area contributed by atoms with Crippen LogP contribution in [0.1, 0.15) is 55.0 Å². The lowest BCUT2D eigenvalue weighted by molar-refractivity contribution is -0.148. The predicted octanol–water partition coefficient (Wildman–Crippen LogP) is 5.39. The zero-order valence-corrected chi connectivity index (χ0v) is 16.4. The number of fused-ring (bicyclic) bond motifs is 2. The summed E-state index contributed by atoms with van der Waals surface area (Å²) < 4.78 is 5.23. The summed E-state index contributed by atoms with van der Waals surface area (Å²) >= 11 is 6.28. The highest BCUT2D eigenvalue weighted by atomic mass is 35.5. The summed E-state index contributed by atoms with van der Waals surface area (Å²) in [7, 11) is 0. The molecule has 1 heterocycles. The Morgan fingerprint density at radius 3 is 2.70 bits per heavy atom. The number of carbonyl (C=O) groups is 1. The van der Waals surface area contributed by atoms with E-state index in [1.54, 1.807) is 0 Å². The van der Waals surface area contributed by atoms with Crippen molar-refractivity contribution in [3.63, 3.8) is 0 Å². The molecule has 0 unspecified atom stereocenters. The second-order valence-corrected chi connectivity index (χ2v) is 7.75. The summed E-state index contributed by atoms with van der Waals surface area (Å²) in [4.78, 5) is 16.9. The van der Waals surface area contributed by atoms with Gasteiger partial charge in [-0.3, -0.25) is 9.78 Å². The number of esters is 1. The third-order valence-electron chi connectivity index (χ3n) is 5.69. The summed E-state index contributed by atoms with van der Waals surface area (Å²) in [5.41, 5.74) is 7.60. The van der Waals surface area contributed by atoms with E-state index in [2.05, 4.69) is 18.2 Å². The number of pyridine rings is 1. The molecule has 27 heavy (non-hydrogen) atoms. The maximum absolute atomic E-state index is 12.1. The van der Waals surface area contributed by atoms with Crippen LogP contribution in [0.3, 0.4) is 0 Å². The Morgan fingerprint density at radius 2 is 1.93 bits per heavy atom. The smallest absolute Gasteiger partial charge is 0.308 e. The maximum atomic E-state index is 12.1. The minimum Gasteiger partial charge on any atom is -0.466 e. The standard InChI is InChI=1S/C23H24ClNO2/c1-2-27-23(26)17-8-5-15(6-9-17)21-20-12-11-19(24)14-18(20)10-7-16-4-3-13-25-22(16)21/h3-4,11-14,17H,2,5-10H2,1H3. The van der Waals surface area contributed by atoms with E-state index in [1.165, 1.54) is 27.8 Å². The fourth-order valence-electron chi connectivity index (χ4n) is 4.35. The average Bonchev–Trinajstić information content (AvgIpc) is 2.85. The van der Waals surface area contributed by atoms with Crippen molar-refractivity contribution in [2.24, 2.45) is 5.92 Å². The first kappa shape index (κ1) is 18.2. The van der Waals surface area contributed by atoms with E-state index in [0.29, 0.717) is 6.61 Å². The summed E-state index contributed by atoms with van der Waals surface area (Å²) in [5.74, 6) is -0.0268. The van der Waals surface area contributed by atoms with Crippen LogP contribution in [0.2, 0.25) is 5.02 Å². The van der Waals surface area contributed by atoms with Crippen LogP contribution < -0.4 is 0 Å². The largest absolute Gasteiger partial charge is 0.466 e. The molecule has 2 aromatic rings. The number of aryl methyl sites for hydroxylation is 2. The van der Waals surface area contributed by atoms with E-state index in [0.717, 1.165) is 49.2 Å². The highest BCUT2D eigenvalue weighted by Gasteiger charge is 2.28. The van der Waals surface area contributed by atoms with Crippen molar-refractivity contribution in [3.8, 4) is 0 Å². The van der Waals surface area contributed by atoms with E-state index < -0.39 is 0 Å². The van der Waals surface area contributed by atoms with Crippen molar-refractivity contribution in [2.75, 3.05) is 6.61 Å². The van der Waals surface area contributed by atoms with Crippen molar-refractivity contribution in [2.45, 2.75) is 45.4 Å². The molecule has 0 spiro atoms. The second-order valence-electron chi connectivity index (χ2n) is 7.32. The lowest BCUT2D eigenvalue weighted by atomic mass is 9.80. The minimum absolute atomic E-state index is 0.0213. The Bertz CT molecular complexity index is 893. The van der Waals surface area contributed by atoms with Crippen LogP contribution in [0.5, 0.6) is 0 Å². The number of carbonyl (C=O) groups excluding carboxylic acids is 1. The number of halogens is 1. The molecule has 4 rings (SSSR count). The van der Waals surface area contributed by atoms with Gasteiger partial charge in [0.1, 0.15) is 0 Å². The van der Waals surface area contributed by atoms with Gasteiger partial charge in [0, 0.05) is 16.8 Å². The Morgan fingerprint density at radius 1 is 1.15 bits per heavy atom. The zero-order valence-electron chi connectivity index (χ0n) is 15.6. The van der Waals surface area contributed by atoms with Crippen LogP contribution in [-0.4, -0.2) is 17.6 Å². The van der Waals surface area contributed by atoms with Gasteiger partial charge in [0.2, 0.25) is 0 Å². The molecule has 0 saturated heterocycles. The highest BCUT2D eigenvalue weighted by Crippen LogP contribution is 2.41. The van der Waals surface area contributed by atoms with E-state index in [4.69, 9.17) is 21.3 Å². The third-order valence-corrected chi connectivity index (χ3v) is 5.93. The molecule has 2 aliphatic carbocycles. The van der Waals surface area contributed by atoms with Crippen LogP contribution in [0.25, 0.3) is 5.57 Å². The molecule has 3 nitrogen and oxygen atoms in total. The molecular weight excluding hydrogens is 358 g/mol. The van der Waals surface area contributed by atoms with Crippen LogP contribution in [-0.2, 0) is 22.4 Å². The number of nitrogens with zero attached hydrogens (tertiary/aromatic N) is 1. The van der Waals surface area contributed by atoms with Crippen LogP contribution in [0, 0.1) is 5.92 Å². The third kappa shape index (κ3) is 3.66. The van der Waals surface area contributed by atoms with Gasteiger partial charge in [0.05, 0.1) is 18.2 Å². The summed E-state index contributed by atoms with van der Waals surface area (Å²) in [6, 6.07) is 10.4. The quantitative estimate of drug-likeness (QED) is 0.655. The first-order chi connectivity index (χ1) is 13.2. The monoisotopic (exact) mass is 381 g/mol. The lowest BCUT2D eigenvalue weighted by Crippen LogP contribution is -2.21. The van der Waals surface area contributed by atoms with E-state index in [-0.39, 0.29) is 11.9 Å². The fourth-order valence-corrected chi connectivity index (χ4v) is 4.54. The van der Waals surface area contributed by atoms with Gasteiger partial charge in [-0.1, -0.05) is 29.3 Å². The molecule has 0 N–H and O–H groups in total. The number of benzene rings is 1. The SMILES string of the molecule is CCOC(=O)C1CCC(=C2c3ccc(Cl)cc3CCc3cccnc32)CC1. The maximum Gasteiger partial charge on any atom is 0.308 e. The van der Waals surface area contributed by atoms with Gasteiger partial charge in [0.15, 0.2) is 0 Å². The zero-order chi connectivity index (χ0) is 18.8. The van der Waals surface area contributed by atoms with Gasteiger partial charge < -0.3 is 4.74 Å². The lowest BCUT2D eigenvalue weighted by Gasteiger charge is -2.25. The molecule has 0 aliphatic heterocycles. The molecule has 4 heteroatoms. The van der Waals surface area contributed by atoms with Gasteiger partial charge in [0.25, 0.3) is 0 Å². The normalized spacial score (nSPS) is 19.1. The van der Waals surface area contributed by atoms with Crippen LogP contribution >= 0.6 is 11.6 Å². The number of hydrogen-bond donors (Lipinski definition) is 0. The molecular formula is C23H24ClNO2. The van der Waals surface area contributed by atoms with Crippen molar-refractivity contribution < 1.29 is 9.53 Å². The van der Waals surface area contributed by atoms with E-state index in [9.17, 15) is 4.79 Å². The number of rotatable bonds is 2. The van der Waals surface area contributed by atoms with Crippen LogP contribution in [0.15, 0.2) is 42.1 Å².